The molecular weight excluding hydrogens is 268 g/mol. The molecule has 6 heteroatoms. The van der Waals surface area contributed by atoms with Crippen molar-refractivity contribution in [2.24, 2.45) is 0 Å². The molecule has 0 fully saturated rings. The summed E-state index contributed by atoms with van der Waals surface area (Å²) in [5, 5.41) is 29.1. The Hall–Kier alpha value is -3.01. The van der Waals surface area contributed by atoms with Gasteiger partial charge in [-0.3, -0.25) is 0 Å². The molecule has 0 heterocycles. The van der Waals surface area contributed by atoms with Crippen molar-refractivity contribution in [3.8, 4) is 24.0 Å². The molecule has 0 aromatic heterocycles. The first-order chi connectivity index (χ1) is 10.2. The van der Waals surface area contributed by atoms with Crippen LogP contribution >= 0.6 is 0 Å². The molecule has 1 N–H and O–H groups in total. The fraction of sp³-hybridized carbons (Fsp3) is 0.267. The van der Waals surface area contributed by atoms with E-state index in [1.54, 1.807) is 49.6 Å². The Bertz CT molecular complexity index is 599. The van der Waals surface area contributed by atoms with Crippen LogP contribution in [0.5, 0.6) is 5.75 Å². The van der Waals surface area contributed by atoms with Crippen LogP contribution in [0.25, 0.3) is 0 Å². The van der Waals surface area contributed by atoms with E-state index in [-0.39, 0.29) is 11.3 Å². The van der Waals surface area contributed by atoms with Gasteiger partial charge in [-0.1, -0.05) is 0 Å². The smallest absolute Gasteiger partial charge is 0.163 e. The maximum absolute atomic E-state index is 8.93. The van der Waals surface area contributed by atoms with Gasteiger partial charge >= 0.3 is 0 Å². The van der Waals surface area contributed by atoms with Gasteiger partial charge in [0.1, 0.15) is 29.7 Å². The minimum Gasteiger partial charge on any atom is -0.494 e. The summed E-state index contributed by atoms with van der Waals surface area (Å²) in [6.45, 7) is 1.19. The average molecular weight is 282 g/mol. The lowest BCUT2D eigenvalue weighted by Crippen LogP contribution is -2.02. The molecule has 0 amide bonds. The van der Waals surface area contributed by atoms with Gasteiger partial charge in [0.05, 0.1) is 6.61 Å². The van der Waals surface area contributed by atoms with Crippen molar-refractivity contribution in [3.63, 3.8) is 0 Å². The van der Waals surface area contributed by atoms with Crippen LogP contribution in [0.15, 0.2) is 35.5 Å². The number of benzene rings is 1. The highest BCUT2D eigenvalue weighted by Gasteiger charge is 2.06. The van der Waals surface area contributed by atoms with Crippen LogP contribution < -0.4 is 10.1 Å². The fourth-order valence-corrected chi connectivity index (χ4v) is 1.46. The monoisotopic (exact) mass is 282 g/mol. The van der Waals surface area contributed by atoms with E-state index < -0.39 is 0 Å². The predicted octanol–water partition coefficient (Wildman–Crippen LogP) is 2.34. The van der Waals surface area contributed by atoms with Crippen molar-refractivity contribution in [3.05, 3.63) is 35.5 Å². The molecule has 106 valence electrons. The summed E-state index contributed by atoms with van der Waals surface area (Å²) in [7, 11) is 1.64. The Balaban J connectivity index is 2.67. The molecule has 0 aliphatic heterocycles. The number of nitrogens with one attached hydrogen (secondary N) is 1. The topological polar surface area (TPSA) is 102 Å². The Kier molecular flexibility index (Phi) is 6.86. The molecule has 0 unspecified atom stereocenters. The lowest BCUT2D eigenvalue weighted by Gasteiger charge is -2.08. The minimum absolute atomic E-state index is 0.0752. The molecule has 0 bridgehead atoms. The largest absolute Gasteiger partial charge is 0.494 e. The highest BCUT2D eigenvalue weighted by atomic mass is 16.5. The van der Waals surface area contributed by atoms with Crippen molar-refractivity contribution in [1.29, 1.82) is 15.8 Å². The number of ether oxygens (including phenoxy) is 2. The van der Waals surface area contributed by atoms with Crippen LogP contribution in [-0.2, 0) is 4.74 Å². The van der Waals surface area contributed by atoms with Crippen molar-refractivity contribution < 1.29 is 9.47 Å². The highest BCUT2D eigenvalue weighted by Crippen LogP contribution is 2.18. The van der Waals surface area contributed by atoms with E-state index in [9.17, 15) is 0 Å². The van der Waals surface area contributed by atoms with E-state index in [1.807, 2.05) is 0 Å². The van der Waals surface area contributed by atoms with Crippen molar-refractivity contribution in [2.75, 3.05) is 25.6 Å². The number of allylic oxidation sites excluding steroid dienone is 2. The Morgan fingerprint density at radius 2 is 1.71 bits per heavy atom. The number of nitriles is 3. The zero-order valence-electron chi connectivity index (χ0n) is 11.6. The molecule has 1 rings (SSSR count). The molecular formula is C15H14N4O2. The van der Waals surface area contributed by atoms with E-state index in [0.29, 0.717) is 24.7 Å². The first-order valence-electron chi connectivity index (χ1n) is 6.18. The summed E-state index contributed by atoms with van der Waals surface area (Å²) in [4.78, 5) is 0. The third-order valence-electron chi connectivity index (χ3n) is 2.47. The van der Waals surface area contributed by atoms with Crippen molar-refractivity contribution >= 4 is 5.69 Å². The van der Waals surface area contributed by atoms with Crippen LogP contribution in [0.1, 0.15) is 6.42 Å². The summed E-state index contributed by atoms with van der Waals surface area (Å²) in [6.07, 6.45) is 0.797. The Morgan fingerprint density at radius 1 is 1.05 bits per heavy atom. The maximum Gasteiger partial charge on any atom is 0.163 e. The predicted molar refractivity (Wildman–Crippen MR) is 75.9 cm³/mol. The standard InChI is InChI=1S/C15H14N4O2/c1-20-7-2-8-21-14-5-3-13(4-6-14)19-15(11-18)12(9-16)10-17/h3-6,19H,2,7-8H2,1H3. The Labute approximate surface area is 123 Å². The maximum atomic E-state index is 8.93. The highest BCUT2D eigenvalue weighted by molar-refractivity contribution is 5.58. The van der Waals surface area contributed by atoms with Gasteiger partial charge in [-0.2, -0.15) is 15.8 Å². The zero-order valence-corrected chi connectivity index (χ0v) is 11.6. The molecule has 0 saturated carbocycles. The Morgan fingerprint density at radius 3 is 2.24 bits per heavy atom. The zero-order chi connectivity index (χ0) is 15.5. The number of hydrogen-bond acceptors (Lipinski definition) is 6. The van der Waals surface area contributed by atoms with Gasteiger partial charge in [-0.05, 0) is 24.3 Å². The van der Waals surface area contributed by atoms with E-state index in [1.165, 1.54) is 0 Å². The molecule has 1 aromatic rings. The van der Waals surface area contributed by atoms with Gasteiger partial charge in [-0.25, -0.2) is 0 Å². The van der Waals surface area contributed by atoms with Crippen molar-refractivity contribution in [2.45, 2.75) is 6.42 Å². The van der Waals surface area contributed by atoms with E-state index in [0.717, 1.165) is 6.42 Å². The molecule has 0 radical (unpaired) electrons. The van der Waals surface area contributed by atoms with E-state index in [4.69, 9.17) is 25.3 Å². The van der Waals surface area contributed by atoms with Crippen LogP contribution in [-0.4, -0.2) is 20.3 Å². The lowest BCUT2D eigenvalue weighted by molar-refractivity contribution is 0.172. The lowest BCUT2D eigenvalue weighted by atomic mass is 10.2. The minimum atomic E-state index is -0.252. The summed E-state index contributed by atoms with van der Waals surface area (Å²) in [5.74, 6) is 0.694. The number of nitrogens with zero attached hydrogens (tertiary/aromatic N) is 3. The van der Waals surface area contributed by atoms with Crippen LogP contribution in [0, 0.1) is 34.0 Å². The molecule has 0 aliphatic carbocycles. The first-order valence-corrected chi connectivity index (χ1v) is 6.18. The van der Waals surface area contributed by atoms with Gasteiger partial charge in [0.25, 0.3) is 0 Å². The molecule has 0 spiro atoms. The van der Waals surface area contributed by atoms with Gasteiger partial charge in [0.15, 0.2) is 5.57 Å². The van der Waals surface area contributed by atoms with E-state index >= 15 is 0 Å². The quantitative estimate of drug-likeness (QED) is 0.608. The number of hydrogen-bond donors (Lipinski definition) is 1. The molecule has 1 aromatic carbocycles. The van der Waals surface area contributed by atoms with Crippen LogP contribution in [0.2, 0.25) is 0 Å². The SMILES string of the molecule is COCCCOc1ccc(NC(C#N)=C(C#N)C#N)cc1. The number of methoxy groups -OCH3 is 1. The summed E-state index contributed by atoms with van der Waals surface area (Å²) in [6, 6.07) is 12.0. The average Bonchev–Trinajstić information content (AvgIpc) is 2.53. The second-order valence-corrected chi connectivity index (χ2v) is 3.93. The summed E-state index contributed by atoms with van der Waals surface area (Å²) < 4.78 is 10.4. The summed E-state index contributed by atoms with van der Waals surface area (Å²) in [5.41, 5.74) is 0.268. The summed E-state index contributed by atoms with van der Waals surface area (Å²) >= 11 is 0. The first kappa shape index (κ1) is 16.0. The molecule has 0 atom stereocenters. The van der Waals surface area contributed by atoms with Crippen molar-refractivity contribution in [1.82, 2.24) is 0 Å². The molecule has 6 nitrogen and oxygen atoms in total. The van der Waals surface area contributed by atoms with Crippen LogP contribution in [0.3, 0.4) is 0 Å². The molecule has 0 aliphatic rings. The molecule has 0 saturated heterocycles. The van der Waals surface area contributed by atoms with Gasteiger partial charge in [-0.15, -0.1) is 0 Å². The van der Waals surface area contributed by atoms with Gasteiger partial charge in [0, 0.05) is 25.8 Å². The molecule has 21 heavy (non-hydrogen) atoms. The van der Waals surface area contributed by atoms with E-state index in [2.05, 4.69) is 5.32 Å². The third-order valence-corrected chi connectivity index (χ3v) is 2.47. The number of anilines is 1. The van der Waals surface area contributed by atoms with Gasteiger partial charge < -0.3 is 14.8 Å². The third kappa shape index (κ3) is 5.24. The fourth-order valence-electron chi connectivity index (χ4n) is 1.46. The second-order valence-electron chi connectivity index (χ2n) is 3.93. The van der Waals surface area contributed by atoms with Gasteiger partial charge in [0.2, 0.25) is 0 Å². The van der Waals surface area contributed by atoms with Crippen LogP contribution in [0.4, 0.5) is 5.69 Å². The number of rotatable bonds is 7. The normalized spacial score (nSPS) is 8.86. The second kappa shape index (κ2) is 8.98.